The molecule has 0 aromatic heterocycles. The van der Waals surface area contributed by atoms with Crippen molar-refractivity contribution < 1.29 is 67.0 Å². The van der Waals surface area contributed by atoms with Crippen LogP contribution in [0.2, 0.25) is 0 Å². The van der Waals surface area contributed by atoms with Crippen LogP contribution in [0.3, 0.4) is 0 Å². The zero-order valence-corrected chi connectivity index (χ0v) is 22.5. The van der Waals surface area contributed by atoms with Crippen molar-refractivity contribution in [1.82, 2.24) is 0 Å². The van der Waals surface area contributed by atoms with Gasteiger partial charge >= 0.3 is 29.8 Å². The quantitative estimate of drug-likeness (QED) is 0.314. The predicted octanol–water partition coefficient (Wildman–Crippen LogP) is 0.132. The Kier molecular flexibility index (Phi) is 9.91. The summed E-state index contributed by atoms with van der Waals surface area (Å²) < 4.78 is 44.0. The molecule has 14 nitrogen and oxygen atoms in total. The Bertz CT molecular complexity index is 991. The lowest BCUT2D eigenvalue weighted by atomic mass is 9.83. The topological polar surface area (TPSA) is 179 Å². The van der Waals surface area contributed by atoms with Crippen LogP contribution in [0.1, 0.15) is 41.0 Å². The number of carbonyl (C=O) groups excluding carboxylic acids is 5. The maximum absolute atomic E-state index is 12.3. The van der Waals surface area contributed by atoms with Gasteiger partial charge < -0.3 is 43.0 Å². The summed E-state index contributed by atoms with van der Waals surface area (Å²) in [4.78, 5) is 59.8. The van der Waals surface area contributed by atoms with Crippen LogP contribution in [0, 0.1) is 17.8 Å². The van der Waals surface area contributed by atoms with Crippen LogP contribution < -0.4 is 0 Å². The summed E-state index contributed by atoms with van der Waals surface area (Å²) >= 11 is 0. The maximum atomic E-state index is 12.3. The molecule has 2 fully saturated rings. The lowest BCUT2D eigenvalue weighted by Crippen LogP contribution is -2.63. The van der Waals surface area contributed by atoms with Crippen LogP contribution in [0.15, 0.2) is 11.8 Å². The SMILES string of the molecule is COC(=O)C1=CO[C@@H](O[C@@H]2O[C@H](COC(C)=O)[C@@H](OC(C)=O)[C@H](OC(C)=O)[C@H]2OC(C)=O)[C@@H]2[C@@H](C)[C@H](O)C[C@H]12. The molecule has 0 aromatic rings. The van der Waals surface area contributed by atoms with Crippen molar-refractivity contribution >= 4 is 29.8 Å². The van der Waals surface area contributed by atoms with Gasteiger partial charge in [0.2, 0.25) is 12.6 Å². The van der Waals surface area contributed by atoms with E-state index in [2.05, 4.69) is 0 Å². The van der Waals surface area contributed by atoms with E-state index in [0.29, 0.717) is 0 Å². The largest absolute Gasteiger partial charge is 0.472 e. The highest BCUT2D eigenvalue weighted by Gasteiger charge is 2.56. The number of carbonyl (C=O) groups is 5. The van der Waals surface area contributed by atoms with Crippen molar-refractivity contribution in [2.45, 2.75) is 84.1 Å². The Labute approximate surface area is 224 Å². The maximum Gasteiger partial charge on any atom is 0.337 e. The summed E-state index contributed by atoms with van der Waals surface area (Å²) in [5.74, 6) is -5.02. The van der Waals surface area contributed by atoms with Crippen molar-refractivity contribution in [1.29, 1.82) is 0 Å². The summed E-state index contributed by atoms with van der Waals surface area (Å²) in [6.07, 6.45) is -7.34. The van der Waals surface area contributed by atoms with E-state index in [9.17, 15) is 29.1 Å². The Hall–Kier alpha value is -3.23. The van der Waals surface area contributed by atoms with Gasteiger partial charge in [0.25, 0.3) is 0 Å². The van der Waals surface area contributed by atoms with Gasteiger partial charge in [0, 0.05) is 39.5 Å². The molecule has 10 atom stereocenters. The first-order valence-corrected chi connectivity index (χ1v) is 12.4. The molecule has 1 N–H and O–H groups in total. The van der Waals surface area contributed by atoms with Gasteiger partial charge in [-0.25, -0.2) is 4.79 Å². The molecule has 14 heteroatoms. The smallest absolute Gasteiger partial charge is 0.337 e. The van der Waals surface area contributed by atoms with Crippen molar-refractivity contribution in [3.63, 3.8) is 0 Å². The summed E-state index contributed by atoms with van der Waals surface area (Å²) in [7, 11) is 1.23. The number of hydrogen-bond acceptors (Lipinski definition) is 14. The van der Waals surface area contributed by atoms with E-state index in [4.69, 9.17) is 37.9 Å². The molecule has 0 radical (unpaired) electrons. The van der Waals surface area contributed by atoms with E-state index in [1.807, 2.05) is 0 Å². The Morgan fingerprint density at radius 2 is 1.49 bits per heavy atom. The molecule has 39 heavy (non-hydrogen) atoms. The Morgan fingerprint density at radius 3 is 2.05 bits per heavy atom. The van der Waals surface area contributed by atoms with E-state index in [1.54, 1.807) is 6.92 Å². The minimum absolute atomic E-state index is 0.229. The van der Waals surface area contributed by atoms with Crippen LogP contribution in [0.4, 0.5) is 0 Å². The fourth-order valence-electron chi connectivity index (χ4n) is 5.22. The summed E-state index contributed by atoms with van der Waals surface area (Å²) in [6, 6.07) is 0. The molecule has 3 aliphatic rings. The molecule has 1 aliphatic carbocycles. The second kappa shape index (κ2) is 12.7. The molecule has 2 heterocycles. The molecule has 2 aliphatic heterocycles. The zero-order chi connectivity index (χ0) is 29.0. The van der Waals surface area contributed by atoms with Gasteiger partial charge in [-0.2, -0.15) is 0 Å². The van der Waals surface area contributed by atoms with Crippen LogP contribution in [0.25, 0.3) is 0 Å². The summed E-state index contributed by atoms with van der Waals surface area (Å²) in [5.41, 5.74) is 0.229. The first-order valence-electron chi connectivity index (χ1n) is 12.4. The number of aliphatic hydroxyl groups is 1. The van der Waals surface area contributed by atoms with Crippen molar-refractivity contribution in [2.75, 3.05) is 13.7 Å². The average molecular weight is 559 g/mol. The van der Waals surface area contributed by atoms with Gasteiger partial charge in [0.15, 0.2) is 18.3 Å². The Morgan fingerprint density at radius 1 is 0.897 bits per heavy atom. The molecule has 3 rings (SSSR count). The number of esters is 5. The fourth-order valence-corrected chi connectivity index (χ4v) is 5.22. The van der Waals surface area contributed by atoms with Gasteiger partial charge in [-0.05, 0) is 12.3 Å². The second-order valence-electron chi connectivity index (χ2n) is 9.62. The molecular weight excluding hydrogens is 524 g/mol. The van der Waals surface area contributed by atoms with Crippen LogP contribution in [-0.2, 0) is 61.9 Å². The number of aliphatic hydroxyl groups excluding tert-OH is 1. The van der Waals surface area contributed by atoms with E-state index in [0.717, 1.165) is 27.7 Å². The minimum Gasteiger partial charge on any atom is -0.472 e. The predicted molar refractivity (Wildman–Crippen MR) is 125 cm³/mol. The molecule has 0 amide bonds. The highest BCUT2D eigenvalue weighted by atomic mass is 16.8. The average Bonchev–Trinajstić information content (AvgIpc) is 3.14. The number of hydrogen-bond donors (Lipinski definition) is 1. The molecule has 1 saturated carbocycles. The third-order valence-corrected chi connectivity index (χ3v) is 6.85. The van der Waals surface area contributed by atoms with Crippen LogP contribution >= 0.6 is 0 Å². The molecule has 0 aromatic carbocycles. The molecule has 0 spiro atoms. The third-order valence-electron chi connectivity index (χ3n) is 6.85. The van der Waals surface area contributed by atoms with Crippen LogP contribution in [-0.4, -0.2) is 91.8 Å². The van der Waals surface area contributed by atoms with E-state index in [-0.39, 0.29) is 17.9 Å². The van der Waals surface area contributed by atoms with Crippen molar-refractivity contribution in [3.8, 4) is 0 Å². The monoisotopic (exact) mass is 558 g/mol. The van der Waals surface area contributed by atoms with Gasteiger partial charge in [-0.1, -0.05) is 6.92 Å². The lowest BCUT2D eigenvalue weighted by Gasteiger charge is -2.46. The number of rotatable bonds is 8. The van der Waals surface area contributed by atoms with Gasteiger partial charge in [-0.3, -0.25) is 19.2 Å². The van der Waals surface area contributed by atoms with E-state index < -0.39 is 91.4 Å². The molecule has 218 valence electrons. The van der Waals surface area contributed by atoms with Gasteiger partial charge in [0.1, 0.15) is 12.7 Å². The zero-order valence-electron chi connectivity index (χ0n) is 22.5. The highest BCUT2D eigenvalue weighted by Crippen LogP contribution is 2.47. The third kappa shape index (κ3) is 7.05. The molecule has 0 unspecified atom stereocenters. The standard InChI is InChI=1S/C25H34O14/c1-10-17(30)7-15-16(23(31)32-6)8-34-24(19(10)15)39-25-22(37-14(5)29)21(36-13(4)28)20(35-12(3)27)18(38-25)9-33-11(2)26/h8,10,15,17-22,24-25,30H,7,9H2,1-6H3/t10-,15+,17+,18+,19+,20+,21-,22+,24-,25-/m0/s1. The molecule has 1 saturated heterocycles. The summed E-state index contributed by atoms with van der Waals surface area (Å²) in [6.45, 7) is 5.85. The van der Waals surface area contributed by atoms with Crippen molar-refractivity contribution in [3.05, 3.63) is 11.8 Å². The number of fused-ring (bicyclic) bond motifs is 1. The first-order chi connectivity index (χ1) is 18.3. The summed E-state index contributed by atoms with van der Waals surface area (Å²) in [5, 5.41) is 10.6. The lowest BCUT2D eigenvalue weighted by molar-refractivity contribution is -0.345. The van der Waals surface area contributed by atoms with E-state index >= 15 is 0 Å². The fraction of sp³-hybridized carbons (Fsp3) is 0.720. The highest BCUT2D eigenvalue weighted by molar-refractivity contribution is 5.89. The van der Waals surface area contributed by atoms with Crippen LogP contribution in [0.5, 0.6) is 0 Å². The van der Waals surface area contributed by atoms with Crippen molar-refractivity contribution in [2.24, 2.45) is 17.8 Å². The molecular formula is C25H34O14. The van der Waals surface area contributed by atoms with Gasteiger partial charge in [-0.15, -0.1) is 0 Å². The molecule has 0 bridgehead atoms. The van der Waals surface area contributed by atoms with Gasteiger partial charge in [0.05, 0.1) is 25.0 Å². The minimum atomic E-state index is -1.48. The Balaban J connectivity index is 1.99. The normalized spacial score (nSPS) is 35.4. The number of methoxy groups -OCH3 is 1. The van der Waals surface area contributed by atoms with E-state index in [1.165, 1.54) is 13.4 Å². The number of ether oxygens (including phenoxy) is 8. The second-order valence-corrected chi connectivity index (χ2v) is 9.62. The first kappa shape index (κ1) is 30.3.